The molecule has 0 atom stereocenters. The van der Waals surface area contributed by atoms with Crippen molar-refractivity contribution in [1.29, 1.82) is 5.26 Å². The summed E-state index contributed by atoms with van der Waals surface area (Å²) in [6, 6.07) is 31.5. The molecule has 0 aliphatic carbocycles. The number of benzene rings is 4. The lowest BCUT2D eigenvalue weighted by Crippen LogP contribution is -2.50. The highest BCUT2D eigenvalue weighted by Crippen LogP contribution is 2.30. The predicted octanol–water partition coefficient (Wildman–Crippen LogP) is 5.49. The molecule has 11 heteroatoms. The van der Waals surface area contributed by atoms with Crippen LogP contribution in [0.2, 0.25) is 0 Å². The van der Waals surface area contributed by atoms with Crippen LogP contribution in [0, 0.1) is 17.1 Å². The van der Waals surface area contributed by atoms with E-state index in [1.54, 1.807) is 4.90 Å². The van der Waals surface area contributed by atoms with E-state index in [9.17, 15) is 32.4 Å². The number of amides is 1. The molecule has 0 bridgehead atoms. The van der Waals surface area contributed by atoms with E-state index in [1.807, 2.05) is 42.5 Å². The Hall–Kier alpha value is -5.31. The molecule has 5 aromatic rings. The Morgan fingerprint density at radius 3 is 1.90 bits per heavy atom. The topological polar surface area (TPSA) is 69.3 Å². The molecule has 2 heterocycles. The third kappa shape index (κ3) is 6.86. The molecule has 1 fully saturated rings. The van der Waals surface area contributed by atoms with Crippen molar-refractivity contribution in [2.75, 3.05) is 26.2 Å². The van der Waals surface area contributed by atoms with Crippen LogP contribution < -0.4 is 14.8 Å². The molecule has 0 unspecified atom stereocenters. The molecule has 48 heavy (non-hydrogen) atoms. The Morgan fingerprint density at radius 2 is 1.38 bits per heavy atom. The molecule has 1 aliphatic rings. The van der Waals surface area contributed by atoms with Crippen molar-refractivity contribution < 1.29 is 22.4 Å². The van der Waals surface area contributed by atoms with Gasteiger partial charge in [-0.25, -0.2) is 4.39 Å². The molecular weight excluding hydrogens is 640 g/mol. The lowest BCUT2D eigenvalue weighted by Gasteiger charge is -2.39. The maximum absolute atomic E-state index is 14.0. The van der Waals surface area contributed by atoms with Crippen molar-refractivity contribution in [3.63, 3.8) is 0 Å². The highest BCUT2D eigenvalue weighted by molar-refractivity contribution is 7.07. The zero-order valence-corrected chi connectivity index (χ0v) is 26.2. The number of alkyl halides is 3. The number of hydrogen-bond acceptors (Lipinski definition) is 5. The first-order valence-corrected chi connectivity index (χ1v) is 15.9. The van der Waals surface area contributed by atoms with E-state index in [1.165, 1.54) is 34.9 Å². The number of carbonyl (C=O) groups excluding carboxylic acids is 1. The van der Waals surface area contributed by atoms with Gasteiger partial charge in [-0.1, -0.05) is 72.8 Å². The summed E-state index contributed by atoms with van der Waals surface area (Å²) in [5.74, 6) is -1.09. The maximum Gasteiger partial charge on any atom is 0.416 e. The van der Waals surface area contributed by atoms with Gasteiger partial charge in [0.2, 0.25) is 0 Å². The number of nitrogens with zero attached hydrogens (tertiary/aromatic N) is 4. The summed E-state index contributed by atoms with van der Waals surface area (Å²) in [4.78, 5) is 31.6. The van der Waals surface area contributed by atoms with E-state index in [0.717, 1.165) is 46.7 Å². The SMILES string of the molecule is N#C/C(C(=O)N1CCN(C(c2ccccc2)c2ccccc2)CC1)=c1/s/c(=C\c2ccc(C(F)(F)F)cc2)c(=O)n1-c1ccc(F)cc1. The van der Waals surface area contributed by atoms with Crippen molar-refractivity contribution >= 4 is 28.9 Å². The van der Waals surface area contributed by atoms with Crippen molar-refractivity contribution in [3.8, 4) is 11.8 Å². The van der Waals surface area contributed by atoms with Crippen LogP contribution in [0.15, 0.2) is 114 Å². The molecule has 6 nitrogen and oxygen atoms in total. The fraction of sp³-hybridized carbons (Fsp3) is 0.162. The van der Waals surface area contributed by atoms with Crippen molar-refractivity contribution in [2.45, 2.75) is 12.2 Å². The average Bonchev–Trinajstić information content (AvgIpc) is 3.41. The zero-order valence-electron chi connectivity index (χ0n) is 25.4. The van der Waals surface area contributed by atoms with Crippen LogP contribution in [0.3, 0.4) is 0 Å². The molecule has 0 saturated carbocycles. The zero-order chi connectivity index (χ0) is 33.8. The average molecular weight is 669 g/mol. The molecule has 1 saturated heterocycles. The van der Waals surface area contributed by atoms with Gasteiger partial charge in [0.1, 0.15) is 16.5 Å². The number of piperazine rings is 1. The second-order valence-corrected chi connectivity index (χ2v) is 12.2. The van der Waals surface area contributed by atoms with Gasteiger partial charge in [0.25, 0.3) is 11.5 Å². The number of hydrogen-bond donors (Lipinski definition) is 0. The van der Waals surface area contributed by atoms with Crippen molar-refractivity contribution in [3.05, 3.63) is 157 Å². The number of aromatic nitrogens is 1. The maximum atomic E-state index is 14.0. The molecule has 6 rings (SSSR count). The second kappa shape index (κ2) is 13.8. The predicted molar refractivity (Wildman–Crippen MR) is 176 cm³/mol. The molecule has 1 aliphatic heterocycles. The first kappa shape index (κ1) is 32.6. The van der Waals surface area contributed by atoms with E-state index >= 15 is 0 Å². The fourth-order valence-corrected chi connectivity index (χ4v) is 6.90. The lowest BCUT2D eigenvalue weighted by molar-refractivity contribution is -0.137. The Kier molecular flexibility index (Phi) is 9.39. The van der Waals surface area contributed by atoms with Crippen LogP contribution in [0.5, 0.6) is 0 Å². The van der Waals surface area contributed by atoms with Crippen LogP contribution >= 0.6 is 11.3 Å². The Balaban J connectivity index is 1.36. The number of halogens is 4. The summed E-state index contributed by atoms with van der Waals surface area (Å²) in [7, 11) is 0. The minimum absolute atomic E-state index is 0.0340. The molecule has 242 valence electrons. The number of rotatable bonds is 6. The highest BCUT2D eigenvalue weighted by atomic mass is 32.1. The van der Waals surface area contributed by atoms with Gasteiger partial charge >= 0.3 is 6.18 Å². The van der Waals surface area contributed by atoms with Gasteiger partial charge < -0.3 is 4.90 Å². The largest absolute Gasteiger partial charge is 0.416 e. The highest BCUT2D eigenvalue weighted by Gasteiger charge is 2.31. The molecule has 0 N–H and O–H groups in total. The minimum atomic E-state index is -4.52. The summed E-state index contributed by atoms with van der Waals surface area (Å²) in [6.45, 7) is 1.72. The molecule has 0 spiro atoms. The number of thiazole rings is 1. The van der Waals surface area contributed by atoms with E-state index in [4.69, 9.17) is 0 Å². The van der Waals surface area contributed by atoms with Crippen LogP contribution in [-0.4, -0.2) is 46.5 Å². The van der Waals surface area contributed by atoms with Gasteiger partial charge in [-0.05, 0) is 59.2 Å². The van der Waals surface area contributed by atoms with Crippen LogP contribution in [0.4, 0.5) is 17.6 Å². The van der Waals surface area contributed by atoms with E-state index in [-0.39, 0.29) is 26.5 Å². The van der Waals surface area contributed by atoms with Gasteiger partial charge in [0.05, 0.1) is 21.8 Å². The Bertz CT molecular complexity index is 2090. The standard InChI is InChI=1S/C37H28F4N4O2S/c38-29-15-17-30(18-16-29)45-35(47)32(23-25-11-13-28(14-12-25)37(39,40)41)48-36(45)31(24-42)34(46)44-21-19-43(20-22-44)33(26-7-3-1-4-8-26)27-9-5-2-6-10-27/h1-18,23,33H,19-22H2/b32-23-,36-31-. The van der Waals surface area contributed by atoms with Gasteiger partial charge in [-0.15, -0.1) is 11.3 Å². The van der Waals surface area contributed by atoms with Crippen LogP contribution in [0.25, 0.3) is 17.3 Å². The van der Waals surface area contributed by atoms with E-state index in [0.29, 0.717) is 31.7 Å². The van der Waals surface area contributed by atoms with Gasteiger partial charge in [-0.2, -0.15) is 18.4 Å². The fourth-order valence-electron chi connectivity index (χ4n) is 5.81. The van der Waals surface area contributed by atoms with Crippen LogP contribution in [-0.2, 0) is 11.0 Å². The molecule has 0 radical (unpaired) electrons. The molecular formula is C37H28F4N4O2S. The van der Waals surface area contributed by atoms with E-state index < -0.39 is 29.0 Å². The lowest BCUT2D eigenvalue weighted by atomic mass is 9.96. The summed E-state index contributed by atoms with van der Waals surface area (Å²) in [6.07, 6.45) is -3.11. The normalized spacial score (nSPS) is 15.0. The number of nitriles is 1. The van der Waals surface area contributed by atoms with Gasteiger partial charge in [0, 0.05) is 26.2 Å². The molecule has 1 amide bonds. The van der Waals surface area contributed by atoms with Crippen molar-refractivity contribution in [2.24, 2.45) is 0 Å². The third-order valence-electron chi connectivity index (χ3n) is 8.18. The van der Waals surface area contributed by atoms with Gasteiger partial charge in [-0.3, -0.25) is 19.1 Å². The third-order valence-corrected chi connectivity index (χ3v) is 9.27. The molecule has 1 aromatic heterocycles. The smallest absolute Gasteiger partial charge is 0.335 e. The molecule has 4 aromatic carbocycles. The Labute approximate surface area is 277 Å². The first-order valence-electron chi connectivity index (χ1n) is 15.1. The van der Waals surface area contributed by atoms with Crippen LogP contribution in [0.1, 0.15) is 28.3 Å². The van der Waals surface area contributed by atoms with Crippen molar-refractivity contribution in [1.82, 2.24) is 14.4 Å². The minimum Gasteiger partial charge on any atom is -0.335 e. The van der Waals surface area contributed by atoms with E-state index in [2.05, 4.69) is 29.2 Å². The van der Waals surface area contributed by atoms with Gasteiger partial charge in [0.15, 0.2) is 5.57 Å². The summed E-state index contributed by atoms with van der Waals surface area (Å²) in [5, 5.41) is 10.3. The summed E-state index contributed by atoms with van der Waals surface area (Å²) in [5.41, 5.74) is 1.10. The second-order valence-electron chi connectivity index (χ2n) is 11.2. The quantitative estimate of drug-likeness (QED) is 0.225. The summed E-state index contributed by atoms with van der Waals surface area (Å²) >= 11 is 0.876. The monoisotopic (exact) mass is 668 g/mol. The Morgan fingerprint density at radius 1 is 0.812 bits per heavy atom. The number of carbonyl (C=O) groups is 1. The summed E-state index contributed by atoms with van der Waals surface area (Å²) < 4.78 is 54.4. The first-order chi connectivity index (χ1) is 23.1.